The first-order valence-corrected chi connectivity index (χ1v) is 8.69. The van der Waals surface area contributed by atoms with Crippen LogP contribution in [0.4, 0.5) is 0 Å². The predicted octanol–water partition coefficient (Wildman–Crippen LogP) is 3.10. The molecule has 0 bridgehead atoms. The van der Waals surface area contributed by atoms with Gasteiger partial charge in [0.2, 0.25) is 0 Å². The van der Waals surface area contributed by atoms with Gasteiger partial charge in [-0.1, -0.05) is 23.7 Å². The average molecular weight is 360 g/mol. The zero-order valence-electron chi connectivity index (χ0n) is 14.1. The Kier molecular flexibility index (Phi) is 5.91. The molecule has 3 N–H and O–H groups in total. The molecule has 1 aromatic heterocycles. The molecular formula is C19H22ClN3O2. The highest BCUT2D eigenvalue weighted by molar-refractivity contribution is 6.32. The van der Waals surface area contributed by atoms with Crippen molar-refractivity contribution in [3.05, 3.63) is 58.9 Å². The zero-order chi connectivity index (χ0) is 17.6. The van der Waals surface area contributed by atoms with Crippen LogP contribution in [-0.4, -0.2) is 40.9 Å². The van der Waals surface area contributed by atoms with Crippen molar-refractivity contribution in [1.82, 2.24) is 15.3 Å². The van der Waals surface area contributed by atoms with Crippen molar-refractivity contribution < 1.29 is 9.84 Å². The molecule has 0 amide bonds. The van der Waals surface area contributed by atoms with E-state index >= 15 is 0 Å². The lowest BCUT2D eigenvalue weighted by atomic mass is 10.1. The Hall–Kier alpha value is -2.08. The van der Waals surface area contributed by atoms with Gasteiger partial charge in [0.15, 0.2) is 0 Å². The molecule has 0 spiro atoms. The van der Waals surface area contributed by atoms with Crippen LogP contribution in [0.1, 0.15) is 11.1 Å². The highest BCUT2D eigenvalue weighted by atomic mass is 35.5. The lowest BCUT2D eigenvalue weighted by Crippen LogP contribution is -2.32. The molecule has 2 aromatic carbocycles. The van der Waals surface area contributed by atoms with Gasteiger partial charge in [-0.05, 0) is 55.3 Å². The van der Waals surface area contributed by atoms with Gasteiger partial charge in [-0.25, -0.2) is 4.98 Å². The molecule has 3 rings (SSSR count). The number of fused-ring (bicyclic) bond motifs is 1. The molecule has 0 aliphatic heterocycles. The third-order valence-corrected chi connectivity index (χ3v) is 4.29. The van der Waals surface area contributed by atoms with Crippen LogP contribution < -0.4 is 10.1 Å². The van der Waals surface area contributed by atoms with E-state index in [2.05, 4.69) is 27.4 Å². The highest BCUT2D eigenvalue weighted by Gasteiger charge is 2.08. The van der Waals surface area contributed by atoms with Crippen LogP contribution in [0.5, 0.6) is 5.75 Å². The summed E-state index contributed by atoms with van der Waals surface area (Å²) < 4.78 is 5.60. The monoisotopic (exact) mass is 359 g/mol. The number of hydrogen-bond donors (Lipinski definition) is 3. The Morgan fingerprint density at radius 2 is 2.16 bits per heavy atom. The first-order valence-electron chi connectivity index (χ1n) is 8.31. The van der Waals surface area contributed by atoms with Gasteiger partial charge in [0.25, 0.3) is 0 Å². The Bertz CT molecular complexity index is 834. The standard InChI is InChI=1S/C19H22ClN3O2/c1-13-2-4-16(20)19(8-13)25-11-15(24)10-21-7-6-14-3-5-17-18(9-14)23-12-22-17/h2-5,8-9,12,15,21,24H,6-7,10-11H2,1H3,(H,22,23). The minimum absolute atomic E-state index is 0.205. The third-order valence-electron chi connectivity index (χ3n) is 3.97. The number of aromatic nitrogens is 2. The van der Waals surface area contributed by atoms with Gasteiger partial charge in [-0.3, -0.25) is 0 Å². The number of rotatable bonds is 8. The Balaban J connectivity index is 1.38. The first kappa shape index (κ1) is 17.7. The largest absolute Gasteiger partial charge is 0.489 e. The summed E-state index contributed by atoms with van der Waals surface area (Å²) in [6.07, 6.45) is 1.99. The van der Waals surface area contributed by atoms with Crippen molar-refractivity contribution >= 4 is 22.6 Å². The maximum Gasteiger partial charge on any atom is 0.138 e. The van der Waals surface area contributed by atoms with Crippen LogP contribution in [0.15, 0.2) is 42.7 Å². The second-order valence-corrected chi connectivity index (χ2v) is 6.51. The SMILES string of the molecule is Cc1ccc(Cl)c(OCC(O)CNCCc2ccc3nc[nH]c3c2)c1. The molecule has 0 radical (unpaired) electrons. The molecule has 5 nitrogen and oxygen atoms in total. The maximum atomic E-state index is 10.0. The molecule has 132 valence electrons. The summed E-state index contributed by atoms with van der Waals surface area (Å²) in [5.74, 6) is 0.605. The summed E-state index contributed by atoms with van der Waals surface area (Å²) in [6, 6.07) is 11.8. The number of hydrogen-bond acceptors (Lipinski definition) is 4. The van der Waals surface area contributed by atoms with Gasteiger partial charge in [0.05, 0.1) is 22.4 Å². The van der Waals surface area contributed by atoms with Crippen LogP contribution in [0.2, 0.25) is 5.02 Å². The molecule has 25 heavy (non-hydrogen) atoms. The zero-order valence-corrected chi connectivity index (χ0v) is 14.9. The Morgan fingerprint density at radius 3 is 3.04 bits per heavy atom. The van der Waals surface area contributed by atoms with Gasteiger partial charge in [0, 0.05) is 6.54 Å². The summed E-state index contributed by atoms with van der Waals surface area (Å²) in [7, 11) is 0. The molecule has 0 saturated heterocycles. The maximum absolute atomic E-state index is 10.0. The number of benzene rings is 2. The van der Waals surface area contributed by atoms with Gasteiger partial charge in [0.1, 0.15) is 18.5 Å². The number of nitrogens with one attached hydrogen (secondary N) is 2. The summed E-state index contributed by atoms with van der Waals surface area (Å²) in [5, 5.41) is 13.8. The second-order valence-electron chi connectivity index (χ2n) is 6.11. The van der Waals surface area contributed by atoms with Crippen LogP contribution in [0.25, 0.3) is 11.0 Å². The normalized spacial score (nSPS) is 12.4. The molecule has 0 aliphatic rings. The Labute approximate surface area is 152 Å². The fourth-order valence-electron chi connectivity index (χ4n) is 2.61. The molecular weight excluding hydrogens is 338 g/mol. The first-order chi connectivity index (χ1) is 12.1. The number of halogens is 1. The number of aliphatic hydroxyl groups excluding tert-OH is 1. The van der Waals surface area contributed by atoms with E-state index in [1.54, 1.807) is 12.4 Å². The summed E-state index contributed by atoms with van der Waals surface area (Å²) in [4.78, 5) is 7.32. The minimum atomic E-state index is -0.591. The van der Waals surface area contributed by atoms with Gasteiger partial charge >= 0.3 is 0 Å². The summed E-state index contributed by atoms with van der Waals surface area (Å²) in [5.41, 5.74) is 4.31. The van der Waals surface area contributed by atoms with E-state index < -0.39 is 6.10 Å². The van der Waals surface area contributed by atoms with Crippen molar-refractivity contribution in [2.75, 3.05) is 19.7 Å². The molecule has 6 heteroatoms. The average Bonchev–Trinajstić information content (AvgIpc) is 3.07. The molecule has 3 aromatic rings. The molecule has 0 fully saturated rings. The summed E-state index contributed by atoms with van der Waals surface area (Å²) >= 11 is 6.08. The predicted molar refractivity (Wildman–Crippen MR) is 100 cm³/mol. The van der Waals surface area contributed by atoms with Gasteiger partial charge in [-0.2, -0.15) is 0 Å². The van der Waals surface area contributed by atoms with E-state index in [9.17, 15) is 5.11 Å². The lowest BCUT2D eigenvalue weighted by Gasteiger charge is -2.14. The highest BCUT2D eigenvalue weighted by Crippen LogP contribution is 2.25. The van der Waals surface area contributed by atoms with Crippen molar-refractivity contribution in [3.8, 4) is 5.75 Å². The van der Waals surface area contributed by atoms with Crippen LogP contribution >= 0.6 is 11.6 Å². The fraction of sp³-hybridized carbons (Fsp3) is 0.316. The summed E-state index contributed by atoms with van der Waals surface area (Å²) in [6.45, 7) is 3.43. The molecule has 0 aliphatic carbocycles. The van der Waals surface area contributed by atoms with Crippen molar-refractivity contribution in [2.24, 2.45) is 0 Å². The number of aliphatic hydroxyl groups is 1. The van der Waals surface area contributed by atoms with E-state index in [1.165, 1.54) is 5.56 Å². The van der Waals surface area contributed by atoms with Gasteiger partial charge < -0.3 is 20.1 Å². The number of imidazole rings is 1. The third kappa shape index (κ3) is 4.95. The quantitative estimate of drug-likeness (QED) is 0.540. The number of ether oxygens (including phenoxy) is 1. The van der Waals surface area contributed by atoms with E-state index in [-0.39, 0.29) is 6.61 Å². The Morgan fingerprint density at radius 1 is 1.28 bits per heavy atom. The minimum Gasteiger partial charge on any atom is -0.489 e. The molecule has 1 atom stereocenters. The molecule has 1 heterocycles. The molecule has 1 unspecified atom stereocenters. The van der Waals surface area contributed by atoms with E-state index in [4.69, 9.17) is 16.3 Å². The number of aryl methyl sites for hydroxylation is 1. The number of nitrogens with zero attached hydrogens (tertiary/aromatic N) is 1. The van der Waals surface area contributed by atoms with Crippen LogP contribution in [-0.2, 0) is 6.42 Å². The topological polar surface area (TPSA) is 70.2 Å². The van der Waals surface area contributed by atoms with Crippen LogP contribution in [0.3, 0.4) is 0 Å². The van der Waals surface area contributed by atoms with Gasteiger partial charge in [-0.15, -0.1) is 0 Å². The van der Waals surface area contributed by atoms with E-state index in [1.807, 2.05) is 25.1 Å². The fourth-order valence-corrected chi connectivity index (χ4v) is 2.78. The van der Waals surface area contributed by atoms with Crippen molar-refractivity contribution in [2.45, 2.75) is 19.4 Å². The van der Waals surface area contributed by atoms with E-state index in [0.717, 1.165) is 29.6 Å². The number of aromatic amines is 1. The lowest BCUT2D eigenvalue weighted by molar-refractivity contribution is 0.106. The van der Waals surface area contributed by atoms with Crippen molar-refractivity contribution in [1.29, 1.82) is 0 Å². The second kappa shape index (κ2) is 8.34. The number of H-pyrrole nitrogens is 1. The van der Waals surface area contributed by atoms with Crippen molar-refractivity contribution in [3.63, 3.8) is 0 Å². The van der Waals surface area contributed by atoms with E-state index in [0.29, 0.717) is 17.3 Å². The molecule has 0 saturated carbocycles. The smallest absolute Gasteiger partial charge is 0.138 e. The van der Waals surface area contributed by atoms with Crippen LogP contribution in [0, 0.1) is 6.92 Å².